The molecule has 156 valence electrons. The first-order chi connectivity index (χ1) is 13.9. The predicted molar refractivity (Wildman–Crippen MR) is 98.7 cm³/mol. The number of hydrazone groups is 1. The summed E-state index contributed by atoms with van der Waals surface area (Å²) >= 11 is 0. The summed E-state index contributed by atoms with van der Waals surface area (Å²) in [6.45, 7) is 1.72. The van der Waals surface area contributed by atoms with Gasteiger partial charge in [0.25, 0.3) is 0 Å². The van der Waals surface area contributed by atoms with Gasteiger partial charge in [-0.1, -0.05) is 0 Å². The van der Waals surface area contributed by atoms with Crippen molar-refractivity contribution in [2.45, 2.75) is 31.5 Å². The van der Waals surface area contributed by atoms with Crippen LogP contribution in [0.1, 0.15) is 13.2 Å². The van der Waals surface area contributed by atoms with Gasteiger partial charge >= 0.3 is 5.97 Å². The van der Waals surface area contributed by atoms with E-state index in [1.54, 1.807) is 6.92 Å². The number of hydrogen-bond donors (Lipinski definition) is 4. The third-order valence-electron chi connectivity index (χ3n) is 4.80. The number of hydrogen-bond acceptors (Lipinski definition) is 12. The van der Waals surface area contributed by atoms with Crippen LogP contribution in [-0.4, -0.2) is 85.1 Å². The van der Waals surface area contributed by atoms with Crippen molar-refractivity contribution in [1.82, 2.24) is 19.5 Å². The predicted octanol–water partition coefficient (Wildman–Crippen LogP) is -1.99. The van der Waals surface area contributed by atoms with E-state index < -0.39 is 43.0 Å². The summed E-state index contributed by atoms with van der Waals surface area (Å²) in [6.07, 6.45) is -1.74. The molecule has 0 radical (unpaired) electrons. The van der Waals surface area contributed by atoms with Gasteiger partial charge in [-0.3, -0.25) is 9.36 Å². The first-order valence-corrected chi connectivity index (χ1v) is 9.05. The fraction of sp³-hybridized carbons (Fsp3) is 0.562. The van der Waals surface area contributed by atoms with Crippen LogP contribution in [0.15, 0.2) is 11.4 Å². The zero-order chi connectivity index (χ0) is 20.7. The molecule has 2 aromatic heterocycles. The van der Waals surface area contributed by atoms with Crippen LogP contribution in [0.4, 0.5) is 11.8 Å². The van der Waals surface area contributed by atoms with Gasteiger partial charge in [-0.15, -0.1) is 0 Å². The van der Waals surface area contributed by atoms with Gasteiger partial charge in [0.15, 0.2) is 17.7 Å². The van der Waals surface area contributed by atoms with Crippen molar-refractivity contribution in [2.75, 3.05) is 30.5 Å². The van der Waals surface area contributed by atoms with Crippen molar-refractivity contribution in [1.29, 1.82) is 0 Å². The number of fused-ring (bicyclic) bond motifs is 1. The second kappa shape index (κ2) is 7.51. The number of rotatable bonds is 5. The van der Waals surface area contributed by atoms with E-state index in [0.717, 1.165) is 0 Å². The summed E-state index contributed by atoms with van der Waals surface area (Å²) in [5, 5.41) is 35.2. The number of anilines is 2. The van der Waals surface area contributed by atoms with Crippen molar-refractivity contribution in [3.63, 3.8) is 0 Å². The van der Waals surface area contributed by atoms with Gasteiger partial charge < -0.3 is 30.5 Å². The minimum atomic E-state index is -1.30. The van der Waals surface area contributed by atoms with Crippen molar-refractivity contribution in [2.24, 2.45) is 11.0 Å². The molecule has 0 saturated carbocycles. The largest absolute Gasteiger partial charge is 0.465 e. The Hall–Kier alpha value is -2.87. The number of nitrogen functional groups attached to an aromatic ring is 1. The highest BCUT2D eigenvalue weighted by Crippen LogP contribution is 2.32. The lowest BCUT2D eigenvalue weighted by Gasteiger charge is -2.18. The van der Waals surface area contributed by atoms with Crippen molar-refractivity contribution < 1.29 is 29.6 Å². The van der Waals surface area contributed by atoms with Crippen molar-refractivity contribution in [3.8, 4) is 0 Å². The Balaban J connectivity index is 1.65. The lowest BCUT2D eigenvalue weighted by Crippen LogP contribution is -2.33. The van der Waals surface area contributed by atoms with E-state index in [9.17, 15) is 20.1 Å². The summed E-state index contributed by atoms with van der Waals surface area (Å²) in [5.74, 6) is -0.748. The maximum absolute atomic E-state index is 11.9. The fourth-order valence-corrected chi connectivity index (χ4v) is 3.30. The molecule has 0 amide bonds. The van der Waals surface area contributed by atoms with Crippen LogP contribution in [0.25, 0.3) is 11.2 Å². The maximum Gasteiger partial charge on any atom is 0.316 e. The molecule has 3 unspecified atom stereocenters. The number of nitrogens with zero attached hydrogens (tertiary/aromatic N) is 6. The fourth-order valence-electron chi connectivity index (χ4n) is 3.30. The second-order valence-corrected chi connectivity index (χ2v) is 6.67. The van der Waals surface area contributed by atoms with E-state index in [-0.39, 0.29) is 36.1 Å². The maximum atomic E-state index is 11.9. The summed E-state index contributed by atoms with van der Waals surface area (Å²) in [4.78, 5) is 24.7. The molecule has 2 aliphatic rings. The van der Waals surface area contributed by atoms with E-state index in [1.165, 1.54) is 22.1 Å². The quantitative estimate of drug-likeness (QED) is 0.402. The molecule has 5 N–H and O–H groups in total. The summed E-state index contributed by atoms with van der Waals surface area (Å²) in [5.41, 5.74) is 6.53. The number of aliphatic hydroxyl groups excluding tert-OH is 3. The standard InChI is InChI=1S/C16H21N7O6/c1-2-28-15(27)7-3-19-23(4-7)16-20-12(17)9-13(21-16)22(6-18-9)14-11(26)10(25)8(5-24)29-14/h3,6-8,10-11,14,24-26H,2,4-5H2,1H3,(H2,17,20,21)/t7?,8?,10-,11-,14?/m1/s1. The molecule has 13 heteroatoms. The van der Waals surface area contributed by atoms with E-state index in [0.29, 0.717) is 0 Å². The molecular formula is C16H21N7O6. The van der Waals surface area contributed by atoms with Gasteiger partial charge in [0.1, 0.15) is 29.7 Å². The smallest absolute Gasteiger partial charge is 0.316 e. The highest BCUT2D eigenvalue weighted by Gasteiger charge is 2.44. The first-order valence-electron chi connectivity index (χ1n) is 9.05. The number of carbonyl (C=O) groups is 1. The SMILES string of the molecule is CCOC(=O)C1C=NN(c2nc(N)c3ncn(C4OC(CO)[C@@H](O)[C@H]4O)c3n2)C1. The third-order valence-corrected chi connectivity index (χ3v) is 4.80. The Kier molecular flexibility index (Phi) is 5.04. The Morgan fingerprint density at radius 1 is 1.38 bits per heavy atom. The minimum Gasteiger partial charge on any atom is -0.465 e. The van der Waals surface area contributed by atoms with Gasteiger partial charge in [0, 0.05) is 6.21 Å². The molecule has 29 heavy (non-hydrogen) atoms. The molecular weight excluding hydrogens is 386 g/mol. The molecule has 0 aromatic carbocycles. The van der Waals surface area contributed by atoms with Crippen LogP contribution in [0.3, 0.4) is 0 Å². The van der Waals surface area contributed by atoms with Crippen molar-refractivity contribution in [3.05, 3.63) is 6.33 Å². The lowest BCUT2D eigenvalue weighted by atomic mass is 10.1. The van der Waals surface area contributed by atoms with E-state index in [1.807, 2.05) is 0 Å². The average molecular weight is 407 g/mol. The van der Waals surface area contributed by atoms with Crippen LogP contribution in [0.2, 0.25) is 0 Å². The van der Waals surface area contributed by atoms with E-state index in [4.69, 9.17) is 15.2 Å². The molecule has 0 aliphatic carbocycles. The normalized spacial score (nSPS) is 29.1. The molecule has 2 aromatic rings. The molecule has 1 fully saturated rings. The molecule has 0 bridgehead atoms. The Morgan fingerprint density at radius 2 is 2.17 bits per heavy atom. The Morgan fingerprint density at radius 3 is 2.86 bits per heavy atom. The van der Waals surface area contributed by atoms with E-state index in [2.05, 4.69) is 20.1 Å². The molecule has 4 heterocycles. The van der Waals surface area contributed by atoms with E-state index >= 15 is 0 Å². The number of aliphatic hydroxyl groups is 3. The minimum absolute atomic E-state index is 0.0743. The molecule has 0 spiro atoms. The summed E-state index contributed by atoms with van der Waals surface area (Å²) in [7, 11) is 0. The molecule has 4 rings (SSSR count). The first kappa shape index (κ1) is 19.4. The molecule has 2 aliphatic heterocycles. The lowest BCUT2D eigenvalue weighted by molar-refractivity contribution is -0.144. The van der Waals surface area contributed by atoms with Gasteiger partial charge in [0.05, 0.1) is 26.1 Å². The molecule has 5 atom stereocenters. The number of esters is 1. The number of ether oxygens (including phenoxy) is 2. The van der Waals surface area contributed by atoms with Crippen LogP contribution in [-0.2, 0) is 14.3 Å². The zero-order valence-corrected chi connectivity index (χ0v) is 15.5. The van der Waals surface area contributed by atoms with Crippen molar-refractivity contribution >= 4 is 35.1 Å². The Labute approximate surface area is 164 Å². The summed E-state index contributed by atoms with van der Waals surface area (Å²) < 4.78 is 11.9. The topological polar surface area (TPSA) is 181 Å². The zero-order valence-electron chi connectivity index (χ0n) is 15.5. The van der Waals surface area contributed by atoms with Crippen LogP contribution >= 0.6 is 0 Å². The number of imidazole rings is 1. The number of aromatic nitrogens is 4. The second-order valence-electron chi connectivity index (χ2n) is 6.67. The third kappa shape index (κ3) is 3.27. The number of nitrogens with two attached hydrogens (primary N) is 1. The number of carbonyl (C=O) groups excluding carboxylic acids is 1. The van der Waals surface area contributed by atoms with Gasteiger partial charge in [0.2, 0.25) is 5.95 Å². The van der Waals surface area contributed by atoms with Crippen LogP contribution in [0.5, 0.6) is 0 Å². The highest BCUT2D eigenvalue weighted by molar-refractivity contribution is 5.92. The monoisotopic (exact) mass is 407 g/mol. The molecule has 13 nitrogen and oxygen atoms in total. The van der Waals surface area contributed by atoms with Gasteiger partial charge in [-0.05, 0) is 6.92 Å². The van der Waals surface area contributed by atoms with Crippen LogP contribution in [0, 0.1) is 5.92 Å². The summed E-state index contributed by atoms with van der Waals surface area (Å²) in [6, 6.07) is 0. The average Bonchev–Trinajstić information content (AvgIpc) is 3.41. The highest BCUT2D eigenvalue weighted by atomic mass is 16.6. The Bertz CT molecular complexity index is 949. The van der Waals surface area contributed by atoms with Gasteiger partial charge in [-0.25, -0.2) is 9.99 Å². The van der Waals surface area contributed by atoms with Crippen LogP contribution < -0.4 is 10.7 Å². The van der Waals surface area contributed by atoms with Gasteiger partial charge in [-0.2, -0.15) is 15.1 Å². The molecule has 1 saturated heterocycles.